The number of nitrogens with one attached hydrogen (secondary N) is 2. The molecule has 0 radical (unpaired) electrons. The number of unbranched alkanes of at least 4 members (excludes halogenated alkanes) is 1. The van der Waals surface area contributed by atoms with Crippen LogP contribution in [0, 0.1) is 0 Å². The minimum Gasteiger partial charge on any atom is -0.445 e. The number of amides is 3. The highest BCUT2D eigenvalue weighted by atomic mass is 16.5. The molecule has 1 spiro atoms. The number of carbonyl (C=O) groups excluding carboxylic acids is 3. The largest absolute Gasteiger partial charge is 0.445 e. The van der Waals surface area contributed by atoms with Crippen molar-refractivity contribution in [1.29, 1.82) is 0 Å². The number of nitrogens with zero attached hydrogens (tertiary/aromatic N) is 2. The van der Waals surface area contributed by atoms with Gasteiger partial charge in [-0.25, -0.2) is 4.79 Å². The summed E-state index contributed by atoms with van der Waals surface area (Å²) in [5, 5.41) is 5.86. The number of rotatable bonds is 12. The van der Waals surface area contributed by atoms with Gasteiger partial charge >= 0.3 is 6.09 Å². The Morgan fingerprint density at radius 1 is 1.02 bits per heavy atom. The first-order valence-electron chi connectivity index (χ1n) is 14.8. The van der Waals surface area contributed by atoms with Crippen LogP contribution in [0.25, 0.3) is 0 Å². The van der Waals surface area contributed by atoms with Gasteiger partial charge in [0, 0.05) is 32.2 Å². The quantitative estimate of drug-likeness (QED) is 0.386. The first-order chi connectivity index (χ1) is 19.4. The Hall–Kier alpha value is -3.39. The maximum atomic E-state index is 13.7. The van der Waals surface area contributed by atoms with Crippen molar-refractivity contribution in [2.24, 2.45) is 0 Å². The topological polar surface area (TPSA) is 91.0 Å². The van der Waals surface area contributed by atoms with E-state index in [-0.39, 0.29) is 24.5 Å². The van der Waals surface area contributed by atoms with Crippen LogP contribution in [-0.2, 0) is 27.4 Å². The van der Waals surface area contributed by atoms with E-state index in [4.69, 9.17) is 4.74 Å². The Kier molecular flexibility index (Phi) is 10.6. The van der Waals surface area contributed by atoms with Gasteiger partial charge in [0.05, 0.1) is 0 Å². The Morgan fingerprint density at radius 3 is 2.33 bits per heavy atom. The molecule has 2 aliphatic heterocycles. The van der Waals surface area contributed by atoms with E-state index in [1.807, 2.05) is 41.3 Å². The average Bonchev–Trinajstić information content (AvgIpc) is 2.99. The monoisotopic (exact) mass is 548 g/mol. The Balaban J connectivity index is 1.24. The summed E-state index contributed by atoms with van der Waals surface area (Å²) in [6.07, 6.45) is 4.62. The van der Waals surface area contributed by atoms with Gasteiger partial charge in [-0.1, -0.05) is 67.6 Å². The fraction of sp³-hybridized carbons (Fsp3) is 0.531. The molecule has 2 aliphatic rings. The molecule has 0 bridgehead atoms. The van der Waals surface area contributed by atoms with Crippen molar-refractivity contribution < 1.29 is 19.1 Å². The van der Waals surface area contributed by atoms with Gasteiger partial charge in [-0.3, -0.25) is 9.59 Å². The van der Waals surface area contributed by atoms with Gasteiger partial charge in [0.25, 0.3) is 0 Å². The molecular weight excluding hydrogens is 504 g/mol. The SMILES string of the molecule is CCC(C)N1C(=O)[C@H](CCCCNC(=O)OCc2ccccc2)NC(=O)C12CCN(CCc1ccccc1)CC2. The maximum absolute atomic E-state index is 13.7. The molecule has 216 valence electrons. The summed E-state index contributed by atoms with van der Waals surface area (Å²) in [4.78, 5) is 43.7. The van der Waals surface area contributed by atoms with Gasteiger partial charge in [0.1, 0.15) is 18.2 Å². The summed E-state index contributed by atoms with van der Waals surface area (Å²) in [6.45, 7) is 7.38. The van der Waals surface area contributed by atoms with Gasteiger partial charge < -0.3 is 25.2 Å². The van der Waals surface area contributed by atoms with Crippen LogP contribution in [0.15, 0.2) is 60.7 Å². The second-order valence-electron chi connectivity index (χ2n) is 11.1. The minimum atomic E-state index is -0.768. The molecule has 2 atom stereocenters. The minimum absolute atomic E-state index is 0.00188. The van der Waals surface area contributed by atoms with Crippen LogP contribution in [0.1, 0.15) is 63.5 Å². The summed E-state index contributed by atoms with van der Waals surface area (Å²) < 4.78 is 5.25. The third kappa shape index (κ3) is 7.42. The number of piperidine rings is 1. The predicted octanol–water partition coefficient (Wildman–Crippen LogP) is 4.29. The molecule has 2 fully saturated rings. The normalized spacial score (nSPS) is 19.8. The number of hydrogen-bond acceptors (Lipinski definition) is 5. The van der Waals surface area contributed by atoms with Crippen LogP contribution < -0.4 is 10.6 Å². The molecule has 0 aromatic heterocycles. The number of benzene rings is 2. The van der Waals surface area contributed by atoms with Gasteiger partial charge in [-0.05, 0) is 63.0 Å². The van der Waals surface area contributed by atoms with Crippen LogP contribution in [0.3, 0.4) is 0 Å². The lowest BCUT2D eigenvalue weighted by molar-refractivity contribution is -0.165. The maximum Gasteiger partial charge on any atom is 0.407 e. The van der Waals surface area contributed by atoms with E-state index in [0.29, 0.717) is 38.6 Å². The predicted molar refractivity (Wildman–Crippen MR) is 156 cm³/mol. The van der Waals surface area contributed by atoms with E-state index < -0.39 is 17.7 Å². The zero-order chi connectivity index (χ0) is 28.4. The summed E-state index contributed by atoms with van der Waals surface area (Å²) in [5.41, 5.74) is 1.48. The van der Waals surface area contributed by atoms with E-state index in [9.17, 15) is 14.4 Å². The molecule has 1 unspecified atom stereocenters. The Labute approximate surface area is 238 Å². The molecule has 2 heterocycles. The van der Waals surface area contributed by atoms with Crippen molar-refractivity contribution in [2.45, 2.75) is 83.0 Å². The standard InChI is InChI=1S/C32H44N4O4/c1-3-25(2)36-29(37)28(16-10-11-20-33-31(39)40-24-27-14-8-5-9-15-27)34-30(38)32(36)18-22-35(23-19-32)21-17-26-12-6-4-7-13-26/h4-9,12-15,25,28H,3,10-11,16-24H2,1-2H3,(H,33,39)(H,34,38)/t25?,28-/m0/s1. The molecule has 3 amide bonds. The highest BCUT2D eigenvalue weighted by molar-refractivity contribution is 6.00. The van der Waals surface area contributed by atoms with E-state index in [1.54, 1.807) is 0 Å². The number of likely N-dealkylation sites (tertiary alicyclic amines) is 1. The van der Waals surface area contributed by atoms with E-state index >= 15 is 0 Å². The van der Waals surface area contributed by atoms with Gasteiger partial charge in [-0.2, -0.15) is 0 Å². The molecule has 40 heavy (non-hydrogen) atoms. The molecule has 0 saturated carbocycles. The van der Waals surface area contributed by atoms with Crippen LogP contribution >= 0.6 is 0 Å². The number of carbonyl (C=O) groups is 3. The summed E-state index contributed by atoms with van der Waals surface area (Å²) in [7, 11) is 0. The first kappa shape index (κ1) is 29.6. The molecule has 8 heteroatoms. The molecule has 2 aromatic rings. The highest BCUT2D eigenvalue weighted by Crippen LogP contribution is 2.36. The Morgan fingerprint density at radius 2 is 1.68 bits per heavy atom. The smallest absolute Gasteiger partial charge is 0.407 e. The summed E-state index contributed by atoms with van der Waals surface area (Å²) in [5.74, 6) is 0.0182. The third-order valence-corrected chi connectivity index (χ3v) is 8.40. The van der Waals surface area contributed by atoms with E-state index in [2.05, 4.69) is 53.6 Å². The number of alkyl carbamates (subject to hydrolysis) is 1. The molecular formula is C32H44N4O4. The first-order valence-corrected chi connectivity index (χ1v) is 14.8. The van der Waals surface area contributed by atoms with Gasteiger partial charge in [0.15, 0.2) is 0 Å². The van der Waals surface area contributed by atoms with Crippen LogP contribution in [0.5, 0.6) is 0 Å². The second-order valence-corrected chi connectivity index (χ2v) is 11.1. The lowest BCUT2D eigenvalue weighted by Crippen LogP contribution is -2.74. The van der Waals surface area contributed by atoms with Crippen LogP contribution in [0.4, 0.5) is 4.79 Å². The molecule has 2 saturated heterocycles. The fourth-order valence-electron chi connectivity index (χ4n) is 5.84. The van der Waals surface area contributed by atoms with E-state index in [0.717, 1.165) is 38.0 Å². The molecule has 4 rings (SSSR count). The zero-order valence-corrected chi connectivity index (χ0v) is 23.9. The summed E-state index contributed by atoms with van der Waals surface area (Å²) in [6, 6.07) is 19.5. The van der Waals surface area contributed by atoms with Crippen molar-refractivity contribution >= 4 is 17.9 Å². The van der Waals surface area contributed by atoms with Gasteiger partial charge in [0.2, 0.25) is 11.8 Å². The van der Waals surface area contributed by atoms with Crippen molar-refractivity contribution in [2.75, 3.05) is 26.2 Å². The van der Waals surface area contributed by atoms with Crippen molar-refractivity contribution in [1.82, 2.24) is 20.4 Å². The molecule has 8 nitrogen and oxygen atoms in total. The fourth-order valence-corrected chi connectivity index (χ4v) is 5.84. The zero-order valence-electron chi connectivity index (χ0n) is 23.9. The lowest BCUT2D eigenvalue weighted by Gasteiger charge is -2.53. The van der Waals surface area contributed by atoms with Crippen molar-refractivity contribution in [3.63, 3.8) is 0 Å². The van der Waals surface area contributed by atoms with Crippen LogP contribution in [0.2, 0.25) is 0 Å². The molecule has 2 N–H and O–H groups in total. The average molecular weight is 549 g/mol. The number of hydrogen-bond donors (Lipinski definition) is 2. The summed E-state index contributed by atoms with van der Waals surface area (Å²) >= 11 is 0. The molecule has 0 aliphatic carbocycles. The number of piperazine rings is 1. The third-order valence-electron chi connectivity index (χ3n) is 8.40. The Bertz CT molecular complexity index is 1100. The van der Waals surface area contributed by atoms with E-state index in [1.165, 1.54) is 5.56 Å². The van der Waals surface area contributed by atoms with Gasteiger partial charge in [-0.15, -0.1) is 0 Å². The highest BCUT2D eigenvalue weighted by Gasteiger charge is 2.54. The van der Waals surface area contributed by atoms with Crippen molar-refractivity contribution in [3.8, 4) is 0 Å². The van der Waals surface area contributed by atoms with Crippen LogP contribution in [-0.4, -0.2) is 71.5 Å². The lowest BCUT2D eigenvalue weighted by atomic mass is 9.80. The second kappa shape index (κ2) is 14.3. The van der Waals surface area contributed by atoms with Crippen molar-refractivity contribution in [3.05, 3.63) is 71.8 Å². The number of ether oxygens (including phenoxy) is 1. The molecule has 2 aromatic carbocycles.